The third-order valence-corrected chi connectivity index (χ3v) is 11.3. The second-order valence-electron chi connectivity index (χ2n) is 15.2. The normalized spacial score (nSPS) is 14.5. The molecule has 0 aliphatic carbocycles. The fraction of sp³-hybridized carbons (Fsp3) is 0.488. The highest BCUT2D eigenvalue weighted by Crippen LogP contribution is 2.29. The van der Waals surface area contributed by atoms with Gasteiger partial charge in [-0.1, -0.05) is 89.8 Å². The lowest BCUT2D eigenvalue weighted by molar-refractivity contribution is -0.123. The fourth-order valence-corrected chi connectivity index (χ4v) is 7.27. The first-order chi connectivity index (χ1) is 25.6. The van der Waals surface area contributed by atoms with Crippen LogP contribution in [0.15, 0.2) is 73.1 Å². The van der Waals surface area contributed by atoms with E-state index in [1.165, 1.54) is 37.0 Å². The van der Waals surface area contributed by atoms with Gasteiger partial charge in [-0.05, 0) is 67.2 Å². The summed E-state index contributed by atoms with van der Waals surface area (Å²) in [6.07, 6.45) is 11.0. The number of nitrogens with zero attached hydrogens (tertiary/aromatic N) is 4. The van der Waals surface area contributed by atoms with E-state index in [0.29, 0.717) is 23.7 Å². The summed E-state index contributed by atoms with van der Waals surface area (Å²) >= 11 is 1.48. The summed E-state index contributed by atoms with van der Waals surface area (Å²) in [5.41, 5.74) is 3.73. The molecule has 5 rings (SSSR count). The molecule has 0 spiro atoms. The van der Waals surface area contributed by atoms with Gasteiger partial charge in [0, 0.05) is 67.5 Å². The summed E-state index contributed by atoms with van der Waals surface area (Å²) < 4.78 is 5.92. The van der Waals surface area contributed by atoms with Crippen LogP contribution in [0.1, 0.15) is 86.3 Å². The van der Waals surface area contributed by atoms with Gasteiger partial charge >= 0.3 is 0 Å². The number of amides is 2. The first-order valence-electron chi connectivity index (χ1n) is 19.3. The molecule has 53 heavy (non-hydrogen) atoms. The minimum Gasteiger partial charge on any atom is -0.494 e. The molecule has 1 fully saturated rings. The van der Waals surface area contributed by atoms with Gasteiger partial charge in [0.2, 0.25) is 5.91 Å². The van der Waals surface area contributed by atoms with Gasteiger partial charge in [-0.3, -0.25) is 9.59 Å². The first-order valence-corrected chi connectivity index (χ1v) is 20.1. The Kier molecular flexibility index (Phi) is 15.0. The summed E-state index contributed by atoms with van der Waals surface area (Å²) in [5, 5.41) is 6.14. The van der Waals surface area contributed by atoms with Crippen molar-refractivity contribution in [3.05, 3.63) is 88.4 Å². The number of unbranched alkanes of at least 4 members (excludes halogenated alkanes) is 4. The maximum atomic E-state index is 13.5. The van der Waals surface area contributed by atoms with E-state index in [4.69, 9.17) is 4.74 Å². The van der Waals surface area contributed by atoms with Gasteiger partial charge < -0.3 is 25.2 Å². The van der Waals surface area contributed by atoms with Crippen LogP contribution in [-0.2, 0) is 16.6 Å². The highest BCUT2D eigenvalue weighted by atomic mass is 32.1. The number of rotatable bonds is 18. The standard InChI is InChI=1S/C43H58N6O3S/c1-6-7-8-9-10-28-52-36-18-16-33(17-19-36)35-30-45-40(46-31-35)34-14-12-32(13-15-34)29-37(47-42(51)38-20-21-39(53-38)43(2,3)4)41(50)44-22-11-23-49-26-24-48(5)25-27-49/h12-21,30-31,37H,6-11,22-29H2,1-5H3,(H,44,50)(H,47,51)/t37-/m0/s1. The lowest BCUT2D eigenvalue weighted by atomic mass is 9.95. The zero-order valence-corrected chi connectivity index (χ0v) is 33.1. The van der Waals surface area contributed by atoms with E-state index in [-0.39, 0.29) is 17.2 Å². The average molecular weight is 739 g/mol. The summed E-state index contributed by atoms with van der Waals surface area (Å²) in [4.78, 5) is 42.8. The Labute approximate surface area is 320 Å². The first kappa shape index (κ1) is 40.1. The third kappa shape index (κ3) is 12.5. The molecule has 1 saturated heterocycles. The summed E-state index contributed by atoms with van der Waals surface area (Å²) in [7, 11) is 2.15. The predicted molar refractivity (Wildman–Crippen MR) is 217 cm³/mol. The number of ether oxygens (including phenoxy) is 1. The fourth-order valence-electron chi connectivity index (χ4n) is 6.30. The largest absolute Gasteiger partial charge is 0.494 e. The van der Waals surface area contributed by atoms with Crippen molar-refractivity contribution >= 4 is 23.2 Å². The molecule has 3 heterocycles. The predicted octanol–water partition coefficient (Wildman–Crippen LogP) is 7.61. The van der Waals surface area contributed by atoms with Gasteiger partial charge in [0.05, 0.1) is 11.5 Å². The van der Waals surface area contributed by atoms with Crippen molar-refractivity contribution in [2.75, 3.05) is 52.9 Å². The van der Waals surface area contributed by atoms with E-state index in [1.54, 1.807) is 0 Å². The molecule has 1 aliphatic rings. The Bertz CT molecular complexity index is 1710. The van der Waals surface area contributed by atoms with E-state index in [9.17, 15) is 9.59 Å². The zero-order valence-electron chi connectivity index (χ0n) is 32.3. The molecule has 1 atom stereocenters. The smallest absolute Gasteiger partial charge is 0.262 e. The molecule has 2 aromatic heterocycles. The number of hydrogen-bond donors (Lipinski definition) is 2. The topological polar surface area (TPSA) is 99.7 Å². The number of benzene rings is 2. The molecule has 2 N–H and O–H groups in total. The van der Waals surface area contributed by atoms with Crippen molar-refractivity contribution in [1.29, 1.82) is 0 Å². The second-order valence-corrected chi connectivity index (χ2v) is 16.3. The molecule has 0 saturated carbocycles. The number of piperazine rings is 1. The second kappa shape index (κ2) is 19.8. The van der Waals surface area contributed by atoms with E-state index < -0.39 is 6.04 Å². The van der Waals surface area contributed by atoms with Crippen LogP contribution in [0, 0.1) is 0 Å². The van der Waals surface area contributed by atoms with Crippen molar-refractivity contribution in [1.82, 2.24) is 30.4 Å². The number of nitrogens with one attached hydrogen (secondary N) is 2. The van der Waals surface area contributed by atoms with Crippen LogP contribution in [0.25, 0.3) is 22.5 Å². The summed E-state index contributed by atoms with van der Waals surface area (Å²) in [5.74, 6) is 1.10. The molecule has 284 valence electrons. The van der Waals surface area contributed by atoms with Gasteiger partial charge in [0.1, 0.15) is 11.8 Å². The Morgan fingerprint density at radius 1 is 0.830 bits per heavy atom. The minimum atomic E-state index is -0.713. The highest BCUT2D eigenvalue weighted by molar-refractivity contribution is 7.14. The van der Waals surface area contributed by atoms with Gasteiger partial charge in [0.15, 0.2) is 5.82 Å². The van der Waals surface area contributed by atoms with Crippen LogP contribution in [0.2, 0.25) is 0 Å². The summed E-state index contributed by atoms with van der Waals surface area (Å²) in [6, 6.07) is 19.1. The maximum absolute atomic E-state index is 13.5. The lowest BCUT2D eigenvalue weighted by Gasteiger charge is -2.32. The number of carbonyl (C=O) groups is 2. The van der Waals surface area contributed by atoms with E-state index in [0.717, 1.165) is 85.1 Å². The maximum Gasteiger partial charge on any atom is 0.262 e. The van der Waals surface area contributed by atoms with Crippen LogP contribution in [-0.4, -0.2) is 90.5 Å². The van der Waals surface area contributed by atoms with Crippen LogP contribution in [0.3, 0.4) is 0 Å². The minimum absolute atomic E-state index is 0.0523. The van der Waals surface area contributed by atoms with Gasteiger partial charge in [-0.15, -0.1) is 11.3 Å². The quantitative estimate of drug-likeness (QED) is 0.101. The molecular formula is C43H58N6O3S. The number of aromatic nitrogens is 2. The molecule has 1 aliphatic heterocycles. The molecule has 2 amide bonds. The van der Waals surface area contributed by atoms with Crippen LogP contribution in [0.5, 0.6) is 5.75 Å². The molecule has 2 aromatic carbocycles. The van der Waals surface area contributed by atoms with Crippen LogP contribution < -0.4 is 15.4 Å². The number of carbonyl (C=O) groups excluding carboxylic acids is 2. The molecule has 4 aromatic rings. The molecule has 9 nitrogen and oxygen atoms in total. The van der Waals surface area contributed by atoms with Gasteiger partial charge in [-0.2, -0.15) is 0 Å². The Balaban J connectivity index is 1.18. The Hall–Kier alpha value is -4.12. The van der Waals surface area contributed by atoms with Gasteiger partial charge in [0.25, 0.3) is 5.91 Å². The SMILES string of the molecule is CCCCCCCOc1ccc(-c2cnc(-c3ccc(C[C@H](NC(=O)c4ccc(C(C)(C)C)s4)C(=O)NCCCN4CCN(C)CC4)cc3)nc2)cc1. The monoisotopic (exact) mass is 738 g/mol. The lowest BCUT2D eigenvalue weighted by Crippen LogP contribution is -2.48. The van der Waals surface area contributed by atoms with Crippen molar-refractivity contribution in [2.24, 2.45) is 0 Å². The van der Waals surface area contributed by atoms with Gasteiger partial charge in [-0.25, -0.2) is 9.97 Å². The highest BCUT2D eigenvalue weighted by Gasteiger charge is 2.25. The van der Waals surface area contributed by atoms with Crippen molar-refractivity contribution in [3.63, 3.8) is 0 Å². The van der Waals surface area contributed by atoms with Crippen molar-refractivity contribution < 1.29 is 14.3 Å². The zero-order chi connectivity index (χ0) is 37.6. The Morgan fingerprint density at radius 3 is 2.17 bits per heavy atom. The molecule has 10 heteroatoms. The molecule has 0 radical (unpaired) electrons. The van der Waals surface area contributed by atoms with Crippen molar-refractivity contribution in [2.45, 2.75) is 84.1 Å². The summed E-state index contributed by atoms with van der Waals surface area (Å²) in [6.45, 7) is 15.1. The van der Waals surface area contributed by atoms with E-state index >= 15 is 0 Å². The molecule has 0 bridgehead atoms. The number of thiophene rings is 1. The Morgan fingerprint density at radius 2 is 1.51 bits per heavy atom. The number of likely N-dealkylation sites (N-methyl/N-ethyl adjacent to an activating group) is 1. The molecule has 0 unspecified atom stereocenters. The van der Waals surface area contributed by atoms with Crippen LogP contribution in [0.4, 0.5) is 0 Å². The van der Waals surface area contributed by atoms with Crippen molar-refractivity contribution in [3.8, 4) is 28.3 Å². The number of hydrogen-bond acceptors (Lipinski definition) is 8. The molecular weight excluding hydrogens is 681 g/mol. The van der Waals surface area contributed by atoms with E-state index in [1.807, 2.05) is 73.1 Å². The third-order valence-electron chi connectivity index (χ3n) is 9.75. The van der Waals surface area contributed by atoms with Crippen LogP contribution >= 0.6 is 11.3 Å². The average Bonchev–Trinajstić information content (AvgIpc) is 3.68. The van der Waals surface area contributed by atoms with E-state index in [2.05, 4.69) is 65.1 Å².